The highest BCUT2D eigenvalue weighted by Crippen LogP contribution is 2.11. The summed E-state index contributed by atoms with van der Waals surface area (Å²) in [7, 11) is 2.08. The van der Waals surface area contributed by atoms with E-state index in [2.05, 4.69) is 31.1 Å². The molecule has 1 aromatic rings. The van der Waals surface area contributed by atoms with Crippen LogP contribution in [0.1, 0.15) is 37.0 Å². The van der Waals surface area contributed by atoms with Gasteiger partial charge in [0, 0.05) is 18.3 Å². The molecule has 0 aliphatic rings. The number of hydrogen-bond acceptors (Lipinski definition) is 3. The third-order valence-corrected chi connectivity index (χ3v) is 3.34. The standard InChI is InChI=1S/C15H24FN3O/c1-11(2)19(3)9-5-4-8-18-15(20)13-7-6-12(17)10-14(13)16/h6-7,10-11H,4-5,8-9,17H2,1-3H3,(H,18,20). The van der Waals surface area contributed by atoms with Crippen LogP contribution in [0.3, 0.4) is 0 Å². The summed E-state index contributed by atoms with van der Waals surface area (Å²) in [4.78, 5) is 14.0. The molecule has 1 aromatic carbocycles. The van der Waals surface area contributed by atoms with Crippen molar-refractivity contribution in [3.63, 3.8) is 0 Å². The predicted octanol–water partition coefficient (Wildman–Crippen LogP) is 2.26. The predicted molar refractivity (Wildman–Crippen MR) is 80.1 cm³/mol. The molecule has 4 nitrogen and oxygen atoms in total. The van der Waals surface area contributed by atoms with Gasteiger partial charge < -0.3 is 16.0 Å². The molecule has 0 saturated carbocycles. The number of hydrogen-bond donors (Lipinski definition) is 2. The van der Waals surface area contributed by atoms with Gasteiger partial charge >= 0.3 is 0 Å². The summed E-state index contributed by atoms with van der Waals surface area (Å²) in [6.45, 7) is 5.83. The molecule has 0 aromatic heterocycles. The summed E-state index contributed by atoms with van der Waals surface area (Å²) in [5.74, 6) is -0.971. The Kier molecular flexibility index (Phi) is 6.45. The van der Waals surface area contributed by atoms with E-state index in [-0.39, 0.29) is 11.5 Å². The van der Waals surface area contributed by atoms with E-state index in [1.54, 1.807) is 0 Å². The highest BCUT2D eigenvalue weighted by atomic mass is 19.1. The molecular formula is C15H24FN3O. The van der Waals surface area contributed by atoms with Gasteiger partial charge in [0.15, 0.2) is 0 Å². The number of nitrogen functional groups attached to an aromatic ring is 1. The van der Waals surface area contributed by atoms with Crippen LogP contribution in [0.2, 0.25) is 0 Å². The Morgan fingerprint density at radius 2 is 2.10 bits per heavy atom. The molecule has 5 heteroatoms. The third kappa shape index (κ3) is 5.17. The first-order valence-electron chi connectivity index (χ1n) is 6.95. The summed E-state index contributed by atoms with van der Waals surface area (Å²) >= 11 is 0. The highest BCUT2D eigenvalue weighted by Gasteiger charge is 2.11. The Morgan fingerprint density at radius 3 is 2.70 bits per heavy atom. The Hall–Kier alpha value is -1.62. The van der Waals surface area contributed by atoms with Crippen molar-refractivity contribution in [2.75, 3.05) is 25.9 Å². The molecule has 112 valence electrons. The lowest BCUT2D eigenvalue weighted by Crippen LogP contribution is -2.29. The topological polar surface area (TPSA) is 58.4 Å². The number of carbonyl (C=O) groups excluding carboxylic acids is 1. The van der Waals surface area contributed by atoms with Gasteiger partial charge in [-0.15, -0.1) is 0 Å². The zero-order chi connectivity index (χ0) is 15.1. The molecule has 1 rings (SSSR count). The van der Waals surface area contributed by atoms with Crippen LogP contribution in [0.15, 0.2) is 18.2 Å². The molecule has 0 unspecified atom stereocenters. The number of nitrogens with one attached hydrogen (secondary N) is 1. The number of anilines is 1. The van der Waals surface area contributed by atoms with E-state index < -0.39 is 5.82 Å². The van der Waals surface area contributed by atoms with Crippen LogP contribution in [-0.2, 0) is 0 Å². The highest BCUT2D eigenvalue weighted by molar-refractivity contribution is 5.94. The molecular weight excluding hydrogens is 257 g/mol. The number of amides is 1. The van der Waals surface area contributed by atoms with Crippen LogP contribution < -0.4 is 11.1 Å². The van der Waals surface area contributed by atoms with Crippen LogP contribution in [0.25, 0.3) is 0 Å². The minimum absolute atomic E-state index is 0.0403. The van der Waals surface area contributed by atoms with E-state index in [9.17, 15) is 9.18 Å². The Labute approximate surface area is 120 Å². The van der Waals surface area contributed by atoms with E-state index in [0.717, 1.165) is 25.5 Å². The number of halogens is 1. The fourth-order valence-corrected chi connectivity index (χ4v) is 1.76. The van der Waals surface area contributed by atoms with E-state index >= 15 is 0 Å². The van der Waals surface area contributed by atoms with Crippen molar-refractivity contribution in [1.29, 1.82) is 0 Å². The summed E-state index contributed by atoms with van der Waals surface area (Å²) < 4.78 is 13.5. The number of carbonyl (C=O) groups is 1. The zero-order valence-corrected chi connectivity index (χ0v) is 12.4. The fourth-order valence-electron chi connectivity index (χ4n) is 1.76. The summed E-state index contributed by atoms with van der Waals surface area (Å²) in [5, 5.41) is 2.72. The normalized spacial score (nSPS) is 11.1. The zero-order valence-electron chi connectivity index (χ0n) is 12.4. The van der Waals surface area contributed by atoms with Crippen LogP contribution >= 0.6 is 0 Å². The van der Waals surface area contributed by atoms with Crippen molar-refractivity contribution in [3.8, 4) is 0 Å². The minimum Gasteiger partial charge on any atom is -0.399 e. The summed E-state index contributed by atoms with van der Waals surface area (Å²) in [5.41, 5.74) is 5.80. The minimum atomic E-state index is -0.581. The second-order valence-corrected chi connectivity index (χ2v) is 5.28. The van der Waals surface area contributed by atoms with Crippen LogP contribution in [0.5, 0.6) is 0 Å². The van der Waals surface area contributed by atoms with Gasteiger partial charge in [0.25, 0.3) is 5.91 Å². The van der Waals surface area contributed by atoms with Gasteiger partial charge in [0.05, 0.1) is 5.56 Å². The second kappa shape index (κ2) is 7.85. The smallest absolute Gasteiger partial charge is 0.254 e. The summed E-state index contributed by atoms with van der Waals surface area (Å²) in [6.07, 6.45) is 1.87. The van der Waals surface area contributed by atoms with Crippen LogP contribution in [0.4, 0.5) is 10.1 Å². The SMILES string of the molecule is CC(C)N(C)CCCCNC(=O)c1ccc(N)cc1F. The molecule has 0 atom stereocenters. The van der Waals surface area contributed by atoms with E-state index in [0.29, 0.717) is 18.3 Å². The van der Waals surface area contributed by atoms with Crippen molar-refractivity contribution in [2.45, 2.75) is 32.7 Å². The van der Waals surface area contributed by atoms with Crippen molar-refractivity contribution in [3.05, 3.63) is 29.6 Å². The van der Waals surface area contributed by atoms with Gasteiger partial charge in [-0.2, -0.15) is 0 Å². The maximum Gasteiger partial charge on any atom is 0.254 e. The second-order valence-electron chi connectivity index (χ2n) is 5.28. The van der Waals surface area contributed by atoms with Gasteiger partial charge in [-0.25, -0.2) is 4.39 Å². The fraction of sp³-hybridized carbons (Fsp3) is 0.533. The number of rotatable bonds is 7. The largest absolute Gasteiger partial charge is 0.399 e. The molecule has 20 heavy (non-hydrogen) atoms. The molecule has 0 aliphatic heterocycles. The van der Waals surface area contributed by atoms with E-state index in [1.165, 1.54) is 12.1 Å². The van der Waals surface area contributed by atoms with E-state index in [1.807, 2.05) is 0 Å². The van der Waals surface area contributed by atoms with Crippen LogP contribution in [0, 0.1) is 5.82 Å². The van der Waals surface area contributed by atoms with Crippen molar-refractivity contribution >= 4 is 11.6 Å². The molecule has 0 fully saturated rings. The Bertz CT molecular complexity index is 449. The number of nitrogens with zero attached hydrogens (tertiary/aromatic N) is 1. The van der Waals surface area contributed by atoms with E-state index in [4.69, 9.17) is 5.73 Å². The van der Waals surface area contributed by atoms with Crippen molar-refractivity contribution in [2.24, 2.45) is 0 Å². The lowest BCUT2D eigenvalue weighted by Gasteiger charge is -2.20. The molecule has 0 aliphatic carbocycles. The quantitative estimate of drug-likeness (QED) is 0.595. The number of benzene rings is 1. The first-order chi connectivity index (χ1) is 9.41. The average molecular weight is 281 g/mol. The maximum atomic E-state index is 13.5. The molecule has 3 N–H and O–H groups in total. The van der Waals surface area contributed by atoms with Gasteiger partial charge in [-0.05, 0) is 58.5 Å². The molecule has 0 heterocycles. The first kappa shape index (κ1) is 16.4. The Morgan fingerprint density at radius 1 is 1.40 bits per heavy atom. The summed E-state index contributed by atoms with van der Waals surface area (Å²) in [6, 6.07) is 4.61. The number of unbranched alkanes of at least 4 members (excludes halogenated alkanes) is 1. The van der Waals surface area contributed by atoms with Gasteiger partial charge in [0.2, 0.25) is 0 Å². The molecule has 1 amide bonds. The first-order valence-corrected chi connectivity index (χ1v) is 6.95. The molecule has 0 spiro atoms. The van der Waals surface area contributed by atoms with Gasteiger partial charge in [-0.3, -0.25) is 4.79 Å². The monoisotopic (exact) mass is 281 g/mol. The van der Waals surface area contributed by atoms with Gasteiger partial charge in [-0.1, -0.05) is 0 Å². The maximum absolute atomic E-state index is 13.5. The average Bonchev–Trinajstić information content (AvgIpc) is 2.37. The van der Waals surface area contributed by atoms with Crippen molar-refractivity contribution < 1.29 is 9.18 Å². The Balaban J connectivity index is 2.30. The molecule has 0 saturated heterocycles. The lowest BCUT2D eigenvalue weighted by atomic mass is 10.1. The van der Waals surface area contributed by atoms with Crippen LogP contribution in [-0.4, -0.2) is 37.0 Å². The lowest BCUT2D eigenvalue weighted by molar-refractivity contribution is 0.0948. The molecule has 0 bridgehead atoms. The van der Waals surface area contributed by atoms with Crippen molar-refractivity contribution in [1.82, 2.24) is 10.2 Å². The third-order valence-electron chi connectivity index (χ3n) is 3.34. The number of nitrogens with two attached hydrogens (primary N) is 1. The van der Waals surface area contributed by atoms with Gasteiger partial charge in [0.1, 0.15) is 5.82 Å². The molecule has 0 radical (unpaired) electrons.